The number of fused-ring (bicyclic) bond motifs is 4. The first-order chi connectivity index (χ1) is 23.3. The van der Waals surface area contributed by atoms with Crippen LogP contribution in [0.4, 0.5) is 0 Å². The first kappa shape index (κ1) is 27.2. The van der Waals surface area contributed by atoms with Crippen LogP contribution in [0, 0.1) is 0 Å². The highest BCUT2D eigenvalue weighted by Crippen LogP contribution is 2.39. The van der Waals surface area contributed by atoms with Crippen molar-refractivity contribution in [2.75, 3.05) is 0 Å². The van der Waals surface area contributed by atoms with E-state index >= 15 is 0 Å². The smallest absolute Gasteiger partial charge is 0.164 e. The van der Waals surface area contributed by atoms with Crippen LogP contribution in [-0.4, -0.2) is 29.9 Å². The Morgan fingerprint density at radius 1 is 0.468 bits per heavy atom. The Hall–Kier alpha value is -6.18. The molecule has 0 unspecified atom stereocenters. The fraction of sp³-hybridized carbons (Fsp3) is 0. The zero-order valence-electron chi connectivity index (χ0n) is 24.9. The molecule has 9 rings (SSSR count). The first-order valence-electron chi connectivity index (χ1n) is 15.3. The van der Waals surface area contributed by atoms with Gasteiger partial charge in [-0.15, -0.1) is 11.3 Å². The molecule has 0 saturated heterocycles. The molecule has 0 amide bonds. The van der Waals surface area contributed by atoms with E-state index in [0.29, 0.717) is 17.5 Å². The molecule has 4 aromatic heterocycles. The summed E-state index contributed by atoms with van der Waals surface area (Å²) in [6.07, 6.45) is 5.48. The molecule has 0 saturated carbocycles. The average Bonchev–Trinajstić information content (AvgIpc) is 3.54. The molecule has 5 aromatic carbocycles. The maximum atomic E-state index is 4.99. The first-order valence-corrected chi connectivity index (χ1v) is 16.1. The molecular weight excluding hydrogens is 597 g/mol. The molecule has 0 aliphatic carbocycles. The molecule has 0 spiro atoms. The van der Waals surface area contributed by atoms with Crippen molar-refractivity contribution in [3.05, 3.63) is 146 Å². The second-order valence-electron chi connectivity index (χ2n) is 11.2. The van der Waals surface area contributed by atoms with Crippen molar-refractivity contribution in [3.63, 3.8) is 0 Å². The zero-order chi connectivity index (χ0) is 31.2. The molecule has 0 bridgehead atoms. The van der Waals surface area contributed by atoms with E-state index in [0.717, 1.165) is 70.3 Å². The molecule has 0 aliphatic heterocycles. The molecule has 0 fully saturated rings. The molecule has 7 heteroatoms. The van der Waals surface area contributed by atoms with E-state index in [2.05, 4.69) is 76.7 Å². The van der Waals surface area contributed by atoms with E-state index in [9.17, 15) is 0 Å². The van der Waals surface area contributed by atoms with Crippen LogP contribution >= 0.6 is 11.3 Å². The lowest BCUT2D eigenvalue weighted by atomic mass is 9.96. The zero-order valence-corrected chi connectivity index (χ0v) is 25.8. The van der Waals surface area contributed by atoms with Crippen LogP contribution in [0.25, 0.3) is 87.8 Å². The molecule has 0 atom stereocenters. The number of hydrogen-bond acceptors (Lipinski definition) is 7. The van der Waals surface area contributed by atoms with Crippen molar-refractivity contribution in [2.24, 2.45) is 0 Å². The van der Waals surface area contributed by atoms with E-state index < -0.39 is 0 Å². The highest BCUT2D eigenvalue weighted by molar-refractivity contribution is 7.25. The summed E-state index contributed by atoms with van der Waals surface area (Å²) < 4.78 is 1.15. The fourth-order valence-electron chi connectivity index (χ4n) is 6.08. The van der Waals surface area contributed by atoms with E-state index in [1.54, 1.807) is 23.7 Å². The lowest BCUT2D eigenvalue weighted by molar-refractivity contribution is 1.07. The van der Waals surface area contributed by atoms with Gasteiger partial charge in [0.1, 0.15) is 10.3 Å². The predicted molar refractivity (Wildman–Crippen MR) is 191 cm³/mol. The fourth-order valence-corrected chi connectivity index (χ4v) is 7.11. The summed E-state index contributed by atoms with van der Waals surface area (Å²) in [7, 11) is 0. The van der Waals surface area contributed by atoms with Gasteiger partial charge in [-0.05, 0) is 34.7 Å². The standard InChI is InChI=1S/C40H24N6S/c1-3-10-25(11-4-1)37-44-38(26-12-5-2-6-13-26)46-39(45-37)29-16-7-14-27(22-29)30-17-8-15-28-23-33(43-24-32(28)30)31-18-9-19-34-35(31)36-40(47-34)42-21-20-41-36/h1-24H. The summed E-state index contributed by atoms with van der Waals surface area (Å²) in [6.45, 7) is 0. The summed E-state index contributed by atoms with van der Waals surface area (Å²) in [5.41, 5.74) is 7.84. The maximum absolute atomic E-state index is 4.99. The number of hydrogen-bond donors (Lipinski definition) is 0. The number of pyridine rings is 1. The predicted octanol–water partition coefficient (Wildman–Crippen LogP) is 9.91. The Morgan fingerprint density at radius 2 is 1.09 bits per heavy atom. The third kappa shape index (κ3) is 4.90. The number of thiophene rings is 1. The summed E-state index contributed by atoms with van der Waals surface area (Å²) in [5.74, 6) is 1.90. The van der Waals surface area contributed by atoms with Gasteiger partial charge in [0.15, 0.2) is 17.5 Å². The Morgan fingerprint density at radius 3 is 1.85 bits per heavy atom. The number of benzene rings is 5. The Balaban J connectivity index is 1.15. The van der Waals surface area contributed by atoms with Crippen LogP contribution in [0.1, 0.15) is 0 Å². The van der Waals surface area contributed by atoms with Crippen LogP contribution in [0.2, 0.25) is 0 Å². The third-order valence-electron chi connectivity index (χ3n) is 8.31. The number of nitrogens with zero attached hydrogens (tertiary/aromatic N) is 6. The number of aromatic nitrogens is 6. The molecule has 220 valence electrons. The van der Waals surface area contributed by atoms with Gasteiger partial charge < -0.3 is 0 Å². The molecule has 9 aromatic rings. The van der Waals surface area contributed by atoms with Gasteiger partial charge in [-0.2, -0.15) is 0 Å². The maximum Gasteiger partial charge on any atom is 0.164 e. The van der Waals surface area contributed by atoms with Gasteiger partial charge in [0.25, 0.3) is 0 Å². The minimum atomic E-state index is 0.624. The highest BCUT2D eigenvalue weighted by atomic mass is 32.1. The van der Waals surface area contributed by atoms with Gasteiger partial charge in [0, 0.05) is 56.3 Å². The summed E-state index contributed by atoms with van der Waals surface area (Å²) >= 11 is 1.66. The average molecular weight is 621 g/mol. The van der Waals surface area contributed by atoms with Crippen LogP contribution in [-0.2, 0) is 0 Å². The normalized spacial score (nSPS) is 11.4. The second-order valence-corrected chi connectivity index (χ2v) is 12.2. The Labute approximate surface area is 274 Å². The van der Waals surface area contributed by atoms with Crippen LogP contribution < -0.4 is 0 Å². The SMILES string of the molecule is c1ccc(-c2nc(-c3ccccc3)nc(-c3cccc(-c4cccc5cc(-c6cccc7sc8nccnc8c67)ncc45)c3)n2)cc1. The number of rotatable bonds is 5. The van der Waals surface area contributed by atoms with Gasteiger partial charge in [0.2, 0.25) is 0 Å². The van der Waals surface area contributed by atoms with Crippen molar-refractivity contribution in [2.45, 2.75) is 0 Å². The summed E-state index contributed by atoms with van der Waals surface area (Å²) in [6, 6.07) is 43.3. The van der Waals surface area contributed by atoms with E-state index in [4.69, 9.17) is 19.9 Å². The van der Waals surface area contributed by atoms with Crippen LogP contribution in [0.15, 0.2) is 146 Å². The minimum absolute atomic E-state index is 0.624. The molecular formula is C40H24N6S. The lowest BCUT2D eigenvalue weighted by Crippen LogP contribution is -2.00. The monoisotopic (exact) mass is 620 g/mol. The van der Waals surface area contributed by atoms with Gasteiger partial charge in [-0.3, -0.25) is 9.97 Å². The Kier molecular flexibility index (Phi) is 6.54. The largest absolute Gasteiger partial charge is 0.256 e. The lowest BCUT2D eigenvalue weighted by Gasteiger charge is -2.11. The molecule has 6 nitrogen and oxygen atoms in total. The molecule has 0 radical (unpaired) electrons. The van der Waals surface area contributed by atoms with Crippen LogP contribution in [0.3, 0.4) is 0 Å². The van der Waals surface area contributed by atoms with Crippen molar-refractivity contribution >= 4 is 42.5 Å². The quantitative estimate of drug-likeness (QED) is 0.191. The molecule has 0 aliphatic rings. The molecule has 4 heterocycles. The molecule has 47 heavy (non-hydrogen) atoms. The topological polar surface area (TPSA) is 77.3 Å². The van der Waals surface area contributed by atoms with Crippen LogP contribution in [0.5, 0.6) is 0 Å². The minimum Gasteiger partial charge on any atom is -0.256 e. The summed E-state index contributed by atoms with van der Waals surface area (Å²) in [4.78, 5) is 29.9. The van der Waals surface area contributed by atoms with Gasteiger partial charge in [-0.25, -0.2) is 19.9 Å². The summed E-state index contributed by atoms with van der Waals surface area (Å²) in [5, 5.41) is 3.28. The van der Waals surface area contributed by atoms with E-state index in [1.165, 1.54) is 0 Å². The second kappa shape index (κ2) is 11.3. The third-order valence-corrected chi connectivity index (χ3v) is 9.36. The van der Waals surface area contributed by atoms with Gasteiger partial charge >= 0.3 is 0 Å². The molecule has 0 N–H and O–H groups in total. The van der Waals surface area contributed by atoms with Crippen molar-refractivity contribution in [1.82, 2.24) is 29.9 Å². The van der Waals surface area contributed by atoms with Crippen molar-refractivity contribution in [3.8, 4) is 56.5 Å². The van der Waals surface area contributed by atoms with E-state index in [1.807, 2.05) is 66.9 Å². The van der Waals surface area contributed by atoms with E-state index in [-0.39, 0.29) is 0 Å². The van der Waals surface area contributed by atoms with Gasteiger partial charge in [-0.1, -0.05) is 109 Å². The van der Waals surface area contributed by atoms with Gasteiger partial charge in [0.05, 0.1) is 5.69 Å². The highest BCUT2D eigenvalue weighted by Gasteiger charge is 2.16. The Bertz CT molecular complexity index is 2520. The van der Waals surface area contributed by atoms with Crippen molar-refractivity contribution in [1.29, 1.82) is 0 Å². The van der Waals surface area contributed by atoms with Crippen molar-refractivity contribution < 1.29 is 0 Å².